The molecule has 2 unspecified atom stereocenters. The van der Waals surface area contributed by atoms with Gasteiger partial charge in [-0.15, -0.1) is 0 Å². The van der Waals surface area contributed by atoms with Crippen LogP contribution in [0.3, 0.4) is 0 Å². The second-order valence-corrected chi connectivity index (χ2v) is 3.57. The van der Waals surface area contributed by atoms with E-state index in [1.807, 2.05) is 0 Å². The van der Waals surface area contributed by atoms with Crippen LogP contribution in [0.15, 0.2) is 0 Å². The third kappa shape index (κ3) is 4.07. The van der Waals surface area contributed by atoms with E-state index in [0.29, 0.717) is 12.1 Å². The molecule has 0 aliphatic carbocycles. The van der Waals surface area contributed by atoms with Gasteiger partial charge in [0.25, 0.3) is 0 Å². The van der Waals surface area contributed by atoms with Crippen molar-refractivity contribution in [3.63, 3.8) is 0 Å². The van der Waals surface area contributed by atoms with E-state index < -0.39 is 0 Å². The molecule has 0 fully saturated rings. The Bertz CT molecular complexity index is 92.0. The lowest BCUT2D eigenvalue weighted by molar-refractivity contribution is 0.215. The number of likely N-dealkylation sites (N-methyl/N-ethyl adjacent to an activating group) is 2. The van der Waals surface area contributed by atoms with E-state index in [4.69, 9.17) is 0 Å². The van der Waals surface area contributed by atoms with E-state index in [1.165, 1.54) is 13.0 Å². The van der Waals surface area contributed by atoms with E-state index in [-0.39, 0.29) is 0 Å². The fourth-order valence-corrected chi connectivity index (χ4v) is 1.43. The van der Waals surface area contributed by atoms with Gasteiger partial charge in [-0.25, -0.2) is 0 Å². The molecule has 0 aromatic rings. The Hall–Kier alpha value is -0.0800. The van der Waals surface area contributed by atoms with Gasteiger partial charge in [0.2, 0.25) is 0 Å². The van der Waals surface area contributed by atoms with E-state index in [9.17, 15) is 0 Å². The third-order valence-electron chi connectivity index (χ3n) is 2.52. The van der Waals surface area contributed by atoms with Crippen LogP contribution in [0.25, 0.3) is 0 Å². The Kier molecular flexibility index (Phi) is 6.39. The normalized spacial score (nSPS) is 16.5. The van der Waals surface area contributed by atoms with Crippen molar-refractivity contribution in [2.24, 2.45) is 0 Å². The molecular formula is C10H24N2. The Labute approximate surface area is 77.3 Å². The van der Waals surface area contributed by atoms with Crippen molar-refractivity contribution in [3.8, 4) is 0 Å². The molecule has 0 rings (SSSR count). The average Bonchev–Trinajstić information content (AvgIpc) is 2.04. The Morgan fingerprint density at radius 2 is 1.83 bits per heavy atom. The molecular weight excluding hydrogens is 148 g/mol. The fourth-order valence-electron chi connectivity index (χ4n) is 1.43. The quantitative estimate of drug-likeness (QED) is 0.656. The number of hydrogen-bond acceptors (Lipinski definition) is 2. The minimum Gasteiger partial charge on any atom is -0.313 e. The summed E-state index contributed by atoms with van der Waals surface area (Å²) >= 11 is 0. The zero-order valence-electron chi connectivity index (χ0n) is 9.22. The van der Waals surface area contributed by atoms with Crippen molar-refractivity contribution in [2.45, 2.75) is 46.2 Å². The zero-order chi connectivity index (χ0) is 9.56. The van der Waals surface area contributed by atoms with Crippen LogP contribution < -0.4 is 5.32 Å². The second kappa shape index (κ2) is 6.44. The maximum atomic E-state index is 3.44. The maximum absolute atomic E-state index is 3.44. The van der Waals surface area contributed by atoms with Crippen LogP contribution >= 0.6 is 0 Å². The fraction of sp³-hybridized carbons (Fsp3) is 1.00. The summed E-state index contributed by atoms with van der Waals surface area (Å²) in [7, 11) is 2.20. The van der Waals surface area contributed by atoms with Gasteiger partial charge in [0.15, 0.2) is 0 Å². The standard InChI is InChI=1S/C10H24N2/c1-6-8-12(5)10(4)9(3)11-7-2/h9-11H,6-8H2,1-5H3. The van der Waals surface area contributed by atoms with Gasteiger partial charge in [0, 0.05) is 12.1 Å². The van der Waals surface area contributed by atoms with Crippen LogP contribution in [0.5, 0.6) is 0 Å². The number of hydrogen-bond donors (Lipinski definition) is 1. The third-order valence-corrected chi connectivity index (χ3v) is 2.52. The largest absolute Gasteiger partial charge is 0.313 e. The van der Waals surface area contributed by atoms with Gasteiger partial charge >= 0.3 is 0 Å². The topological polar surface area (TPSA) is 15.3 Å². The molecule has 0 bridgehead atoms. The van der Waals surface area contributed by atoms with E-state index in [0.717, 1.165) is 6.54 Å². The predicted molar refractivity (Wildman–Crippen MR) is 55.5 cm³/mol. The molecule has 2 atom stereocenters. The molecule has 0 amide bonds. The van der Waals surface area contributed by atoms with Gasteiger partial charge in [0.1, 0.15) is 0 Å². The first-order chi connectivity index (χ1) is 5.63. The lowest BCUT2D eigenvalue weighted by Crippen LogP contribution is -2.45. The summed E-state index contributed by atoms with van der Waals surface area (Å²) in [6, 6.07) is 1.22. The highest BCUT2D eigenvalue weighted by atomic mass is 15.2. The first-order valence-electron chi connectivity index (χ1n) is 5.07. The summed E-state index contributed by atoms with van der Waals surface area (Å²) in [6.07, 6.45) is 1.24. The molecule has 12 heavy (non-hydrogen) atoms. The van der Waals surface area contributed by atoms with Crippen LogP contribution in [-0.2, 0) is 0 Å². The van der Waals surface area contributed by atoms with Crippen molar-refractivity contribution in [2.75, 3.05) is 20.1 Å². The molecule has 74 valence electrons. The Balaban J connectivity index is 3.73. The SMILES string of the molecule is CCCN(C)C(C)C(C)NCC. The van der Waals surface area contributed by atoms with Crippen molar-refractivity contribution in [3.05, 3.63) is 0 Å². The molecule has 2 heteroatoms. The zero-order valence-corrected chi connectivity index (χ0v) is 9.22. The summed E-state index contributed by atoms with van der Waals surface area (Å²) in [4.78, 5) is 2.41. The highest BCUT2D eigenvalue weighted by Gasteiger charge is 2.14. The van der Waals surface area contributed by atoms with Gasteiger partial charge in [-0.2, -0.15) is 0 Å². The highest BCUT2D eigenvalue weighted by molar-refractivity contribution is 4.74. The number of rotatable bonds is 6. The van der Waals surface area contributed by atoms with Gasteiger partial charge in [0.05, 0.1) is 0 Å². The van der Waals surface area contributed by atoms with Gasteiger partial charge < -0.3 is 10.2 Å². The summed E-state index contributed by atoms with van der Waals surface area (Å²) < 4.78 is 0. The minimum absolute atomic E-state index is 0.589. The van der Waals surface area contributed by atoms with Crippen LogP contribution in [0, 0.1) is 0 Å². The molecule has 2 nitrogen and oxygen atoms in total. The van der Waals surface area contributed by atoms with Crippen LogP contribution in [0.4, 0.5) is 0 Å². The van der Waals surface area contributed by atoms with Crippen molar-refractivity contribution in [1.82, 2.24) is 10.2 Å². The van der Waals surface area contributed by atoms with Crippen molar-refractivity contribution >= 4 is 0 Å². The summed E-state index contributed by atoms with van der Waals surface area (Å²) in [5, 5.41) is 3.44. The first-order valence-corrected chi connectivity index (χ1v) is 5.07. The van der Waals surface area contributed by atoms with Crippen LogP contribution in [0.2, 0.25) is 0 Å². The van der Waals surface area contributed by atoms with Crippen molar-refractivity contribution < 1.29 is 0 Å². The van der Waals surface area contributed by atoms with Crippen LogP contribution in [-0.4, -0.2) is 37.1 Å². The lowest BCUT2D eigenvalue weighted by Gasteiger charge is -2.29. The molecule has 1 N–H and O–H groups in total. The summed E-state index contributed by atoms with van der Waals surface area (Å²) in [6.45, 7) is 11.2. The molecule has 0 aliphatic heterocycles. The number of nitrogens with zero attached hydrogens (tertiary/aromatic N) is 1. The molecule has 0 saturated carbocycles. The maximum Gasteiger partial charge on any atom is 0.0215 e. The van der Waals surface area contributed by atoms with Gasteiger partial charge in [-0.1, -0.05) is 13.8 Å². The first kappa shape index (κ1) is 11.9. The molecule has 0 aliphatic rings. The van der Waals surface area contributed by atoms with E-state index in [2.05, 4.69) is 45.0 Å². The molecule has 0 radical (unpaired) electrons. The molecule has 0 spiro atoms. The van der Waals surface area contributed by atoms with Gasteiger partial charge in [-0.05, 0) is 40.4 Å². The molecule has 0 aromatic heterocycles. The average molecular weight is 172 g/mol. The van der Waals surface area contributed by atoms with Crippen LogP contribution in [0.1, 0.15) is 34.1 Å². The highest BCUT2D eigenvalue weighted by Crippen LogP contribution is 2.01. The van der Waals surface area contributed by atoms with Crippen molar-refractivity contribution in [1.29, 1.82) is 0 Å². The predicted octanol–water partition coefficient (Wildman–Crippen LogP) is 1.71. The van der Waals surface area contributed by atoms with E-state index in [1.54, 1.807) is 0 Å². The summed E-state index contributed by atoms with van der Waals surface area (Å²) in [5.41, 5.74) is 0. The Morgan fingerprint density at radius 3 is 2.25 bits per heavy atom. The second-order valence-electron chi connectivity index (χ2n) is 3.57. The minimum atomic E-state index is 0.589. The smallest absolute Gasteiger partial charge is 0.0215 e. The lowest BCUT2D eigenvalue weighted by atomic mass is 10.1. The number of nitrogens with one attached hydrogen (secondary N) is 1. The Morgan fingerprint density at radius 1 is 1.25 bits per heavy atom. The van der Waals surface area contributed by atoms with E-state index >= 15 is 0 Å². The monoisotopic (exact) mass is 172 g/mol. The summed E-state index contributed by atoms with van der Waals surface area (Å²) in [5.74, 6) is 0. The molecule has 0 aromatic carbocycles. The molecule has 0 heterocycles. The molecule has 0 saturated heterocycles. The van der Waals surface area contributed by atoms with Gasteiger partial charge in [-0.3, -0.25) is 0 Å².